The number of aryl methyl sites for hydroxylation is 1. The molecule has 25 heavy (non-hydrogen) atoms. The summed E-state index contributed by atoms with van der Waals surface area (Å²) in [7, 11) is 4.86. The number of para-hydroxylation sites is 1. The van der Waals surface area contributed by atoms with Crippen molar-refractivity contribution in [1.29, 1.82) is 0 Å². The number of aromatic nitrogens is 3. The van der Waals surface area contributed by atoms with Crippen molar-refractivity contribution in [3.63, 3.8) is 0 Å². The molecule has 1 atom stereocenters. The summed E-state index contributed by atoms with van der Waals surface area (Å²) in [6.45, 7) is 0.692. The Morgan fingerprint density at radius 2 is 1.80 bits per heavy atom. The summed E-state index contributed by atoms with van der Waals surface area (Å²) in [5.41, 5.74) is 2.41. The van der Waals surface area contributed by atoms with Gasteiger partial charge in [0, 0.05) is 44.3 Å². The van der Waals surface area contributed by atoms with Gasteiger partial charge in [0.1, 0.15) is 5.56 Å². The van der Waals surface area contributed by atoms with Crippen LogP contribution in [0.2, 0.25) is 0 Å². The third-order valence-electron chi connectivity index (χ3n) is 5.21. The highest BCUT2D eigenvalue weighted by atomic mass is 16.3. The van der Waals surface area contributed by atoms with E-state index in [4.69, 9.17) is 0 Å². The number of hydrogen-bond donors (Lipinski definition) is 2. The van der Waals surface area contributed by atoms with E-state index in [0.717, 1.165) is 32.2 Å². The van der Waals surface area contributed by atoms with Crippen LogP contribution in [0.5, 0.6) is 5.88 Å². The van der Waals surface area contributed by atoms with Crippen molar-refractivity contribution < 1.29 is 5.11 Å². The second kappa shape index (κ2) is 5.35. The zero-order valence-corrected chi connectivity index (χ0v) is 14.4. The van der Waals surface area contributed by atoms with Crippen LogP contribution in [-0.2, 0) is 27.6 Å². The van der Waals surface area contributed by atoms with Crippen LogP contribution in [0.25, 0.3) is 10.9 Å². The van der Waals surface area contributed by atoms with Crippen LogP contribution >= 0.6 is 0 Å². The Labute approximate surface area is 143 Å². The van der Waals surface area contributed by atoms with Crippen LogP contribution in [0.4, 0.5) is 0 Å². The van der Waals surface area contributed by atoms with E-state index in [1.165, 1.54) is 19.7 Å². The topological polar surface area (TPSA) is 81.2 Å². The molecule has 4 rings (SSSR count). The Hall–Kier alpha value is -2.80. The van der Waals surface area contributed by atoms with Crippen molar-refractivity contribution >= 4 is 10.9 Å². The molecule has 0 bridgehead atoms. The molecule has 1 aliphatic rings. The van der Waals surface area contributed by atoms with Crippen molar-refractivity contribution in [2.45, 2.75) is 12.5 Å². The molecule has 0 aliphatic carbocycles. The van der Waals surface area contributed by atoms with E-state index in [1.807, 2.05) is 25.2 Å². The van der Waals surface area contributed by atoms with Gasteiger partial charge in [-0.1, -0.05) is 18.2 Å². The van der Waals surface area contributed by atoms with E-state index in [-0.39, 0.29) is 11.4 Å². The highest BCUT2D eigenvalue weighted by molar-refractivity contribution is 5.86. The number of rotatable bonds is 1. The Morgan fingerprint density at radius 1 is 1.08 bits per heavy atom. The fourth-order valence-electron chi connectivity index (χ4n) is 3.91. The molecule has 3 heterocycles. The molecule has 0 spiro atoms. The standard InChI is InChI=1S/C18H20N4O3/c1-20-12-7-5-4-6-10(12)11-8-9-19-14(15(11)20)13-16(23)21(2)18(25)22(3)17(13)24/h4-7,14,19,23H,8-9H2,1-3H3. The lowest BCUT2D eigenvalue weighted by atomic mass is 9.95. The van der Waals surface area contributed by atoms with Gasteiger partial charge >= 0.3 is 5.69 Å². The van der Waals surface area contributed by atoms with Gasteiger partial charge in [0.2, 0.25) is 5.88 Å². The number of hydrogen-bond acceptors (Lipinski definition) is 4. The minimum absolute atomic E-state index is 0.205. The number of benzene rings is 1. The van der Waals surface area contributed by atoms with Gasteiger partial charge in [0.15, 0.2) is 0 Å². The van der Waals surface area contributed by atoms with Crippen molar-refractivity contribution in [3.05, 3.63) is 61.9 Å². The first-order valence-corrected chi connectivity index (χ1v) is 8.22. The van der Waals surface area contributed by atoms with Crippen LogP contribution in [0.15, 0.2) is 33.9 Å². The minimum atomic E-state index is -0.542. The molecule has 2 aromatic heterocycles. The summed E-state index contributed by atoms with van der Waals surface area (Å²) in [5.74, 6) is -0.288. The van der Waals surface area contributed by atoms with Crippen molar-refractivity contribution in [2.24, 2.45) is 21.1 Å². The number of fused-ring (bicyclic) bond motifs is 3. The lowest BCUT2D eigenvalue weighted by Gasteiger charge is -2.27. The second-order valence-electron chi connectivity index (χ2n) is 6.52. The van der Waals surface area contributed by atoms with Gasteiger partial charge in [0.25, 0.3) is 5.56 Å². The lowest BCUT2D eigenvalue weighted by Crippen LogP contribution is -2.43. The van der Waals surface area contributed by atoms with E-state index >= 15 is 0 Å². The SMILES string of the molecule is Cn1c(O)c(C2NCCc3c2n(C)c2ccccc32)c(=O)n(C)c1=O. The maximum absolute atomic E-state index is 12.7. The third kappa shape index (κ3) is 2.02. The summed E-state index contributed by atoms with van der Waals surface area (Å²) >= 11 is 0. The molecule has 1 unspecified atom stereocenters. The van der Waals surface area contributed by atoms with Crippen molar-refractivity contribution in [1.82, 2.24) is 19.0 Å². The fraction of sp³-hybridized carbons (Fsp3) is 0.333. The molecule has 7 heteroatoms. The molecule has 3 aromatic rings. The molecular formula is C18H20N4O3. The van der Waals surface area contributed by atoms with Gasteiger partial charge in [-0.15, -0.1) is 0 Å². The van der Waals surface area contributed by atoms with Crippen LogP contribution in [-0.4, -0.2) is 25.4 Å². The zero-order chi connectivity index (χ0) is 17.9. The van der Waals surface area contributed by atoms with Gasteiger partial charge < -0.3 is 15.0 Å². The Kier molecular flexibility index (Phi) is 3.36. The maximum atomic E-state index is 12.7. The highest BCUT2D eigenvalue weighted by Crippen LogP contribution is 2.36. The van der Waals surface area contributed by atoms with Gasteiger partial charge in [-0.3, -0.25) is 13.9 Å². The zero-order valence-electron chi connectivity index (χ0n) is 14.4. The van der Waals surface area contributed by atoms with Crippen LogP contribution in [0, 0.1) is 0 Å². The normalized spacial score (nSPS) is 17.0. The molecule has 1 aromatic carbocycles. The predicted molar refractivity (Wildman–Crippen MR) is 95.1 cm³/mol. The summed E-state index contributed by atoms with van der Waals surface area (Å²) < 4.78 is 4.20. The third-order valence-corrected chi connectivity index (χ3v) is 5.21. The average Bonchev–Trinajstić information content (AvgIpc) is 2.92. The smallest absolute Gasteiger partial charge is 0.333 e. The molecule has 1 aliphatic heterocycles. The molecule has 130 valence electrons. The molecule has 0 radical (unpaired) electrons. The van der Waals surface area contributed by atoms with Crippen molar-refractivity contribution in [2.75, 3.05) is 6.54 Å². The van der Waals surface area contributed by atoms with Gasteiger partial charge in [-0.2, -0.15) is 0 Å². The lowest BCUT2D eigenvalue weighted by molar-refractivity contribution is 0.389. The van der Waals surface area contributed by atoms with Gasteiger partial charge in [-0.05, 0) is 18.1 Å². The molecule has 0 saturated heterocycles. The van der Waals surface area contributed by atoms with E-state index in [0.29, 0.717) is 6.54 Å². The predicted octanol–water partition coefficient (Wildman–Crippen LogP) is 0.516. The Balaban J connectivity index is 2.07. The molecule has 7 nitrogen and oxygen atoms in total. The quantitative estimate of drug-likeness (QED) is 0.677. The van der Waals surface area contributed by atoms with Crippen molar-refractivity contribution in [3.8, 4) is 5.88 Å². The number of aromatic hydroxyl groups is 1. The van der Waals surface area contributed by atoms with E-state index < -0.39 is 17.3 Å². The van der Waals surface area contributed by atoms with E-state index in [1.54, 1.807) is 0 Å². The number of nitrogens with one attached hydrogen (secondary N) is 1. The maximum Gasteiger partial charge on any atom is 0.333 e. The molecule has 2 N–H and O–H groups in total. The first-order chi connectivity index (χ1) is 11.9. The Bertz CT molecular complexity index is 1120. The molecule has 0 fully saturated rings. The Morgan fingerprint density at radius 3 is 2.56 bits per heavy atom. The van der Waals surface area contributed by atoms with Crippen LogP contribution in [0.1, 0.15) is 22.9 Å². The van der Waals surface area contributed by atoms with Crippen LogP contribution < -0.4 is 16.6 Å². The van der Waals surface area contributed by atoms with Gasteiger partial charge in [-0.25, -0.2) is 4.79 Å². The first kappa shape index (κ1) is 15.7. The molecular weight excluding hydrogens is 320 g/mol. The van der Waals surface area contributed by atoms with Gasteiger partial charge in [0.05, 0.1) is 6.04 Å². The average molecular weight is 340 g/mol. The number of nitrogens with zero attached hydrogens (tertiary/aromatic N) is 3. The summed E-state index contributed by atoms with van der Waals surface area (Å²) in [6.07, 6.45) is 0.847. The molecule has 0 saturated carbocycles. The highest BCUT2D eigenvalue weighted by Gasteiger charge is 2.32. The first-order valence-electron chi connectivity index (χ1n) is 8.22. The van der Waals surface area contributed by atoms with E-state index in [2.05, 4.69) is 16.0 Å². The minimum Gasteiger partial charge on any atom is -0.494 e. The summed E-state index contributed by atoms with van der Waals surface area (Å²) in [4.78, 5) is 24.8. The van der Waals surface area contributed by atoms with Crippen LogP contribution in [0.3, 0.4) is 0 Å². The van der Waals surface area contributed by atoms with E-state index in [9.17, 15) is 14.7 Å². The monoisotopic (exact) mass is 340 g/mol. The summed E-state index contributed by atoms with van der Waals surface area (Å²) in [6, 6.07) is 7.65. The summed E-state index contributed by atoms with van der Waals surface area (Å²) in [5, 5.41) is 15.0. The second-order valence-corrected chi connectivity index (χ2v) is 6.52. The molecule has 0 amide bonds. The fourth-order valence-corrected chi connectivity index (χ4v) is 3.91. The largest absolute Gasteiger partial charge is 0.494 e.